The molecule has 1 nitrogen and oxygen atoms in total. The van der Waals surface area contributed by atoms with Gasteiger partial charge in [0, 0.05) is 5.57 Å². The number of hydrogen-bond donors (Lipinski definition) is 0. The summed E-state index contributed by atoms with van der Waals surface area (Å²) in [6.07, 6.45) is 13.4. The van der Waals surface area contributed by atoms with Crippen LogP contribution in [0.2, 0.25) is 0 Å². The molecule has 0 spiro atoms. The highest BCUT2D eigenvalue weighted by Gasteiger charge is 2.24. The average molecular weight is 315 g/mol. The van der Waals surface area contributed by atoms with Crippen LogP contribution in [0.5, 0.6) is 0 Å². The van der Waals surface area contributed by atoms with Gasteiger partial charge < -0.3 is 4.74 Å². The monoisotopic (exact) mass is 314 g/mol. The summed E-state index contributed by atoms with van der Waals surface area (Å²) in [4.78, 5) is 0. The summed E-state index contributed by atoms with van der Waals surface area (Å²) in [6.45, 7) is 18.8. The molecular formula is C22H34O. The maximum atomic E-state index is 6.37. The molecule has 0 N–H and O–H groups in total. The third-order valence-corrected chi connectivity index (χ3v) is 4.53. The highest BCUT2D eigenvalue weighted by Crippen LogP contribution is 2.33. The van der Waals surface area contributed by atoms with Crippen LogP contribution < -0.4 is 0 Å². The highest BCUT2D eigenvalue weighted by atomic mass is 16.5. The lowest BCUT2D eigenvalue weighted by Gasteiger charge is -2.31. The quantitative estimate of drug-likeness (QED) is 0.373. The summed E-state index contributed by atoms with van der Waals surface area (Å²) < 4.78 is 6.37. The van der Waals surface area contributed by atoms with E-state index in [1.165, 1.54) is 12.8 Å². The van der Waals surface area contributed by atoms with E-state index in [2.05, 4.69) is 39.2 Å². The first-order valence-electron chi connectivity index (χ1n) is 8.88. The summed E-state index contributed by atoms with van der Waals surface area (Å²) in [6, 6.07) is 0. The van der Waals surface area contributed by atoms with Crippen molar-refractivity contribution >= 4 is 0 Å². The van der Waals surface area contributed by atoms with Gasteiger partial charge in [-0.2, -0.15) is 0 Å². The molecule has 0 amide bonds. The van der Waals surface area contributed by atoms with Crippen molar-refractivity contribution in [2.45, 2.75) is 66.4 Å². The van der Waals surface area contributed by atoms with Gasteiger partial charge in [0.25, 0.3) is 0 Å². The van der Waals surface area contributed by atoms with E-state index >= 15 is 0 Å². The lowest BCUT2D eigenvalue weighted by Crippen LogP contribution is -2.24. The lowest BCUT2D eigenvalue weighted by molar-refractivity contribution is 0.0646. The van der Waals surface area contributed by atoms with Crippen LogP contribution in [-0.4, -0.2) is 6.10 Å². The third-order valence-electron chi connectivity index (χ3n) is 4.53. The second-order valence-corrected chi connectivity index (χ2v) is 7.14. The summed E-state index contributed by atoms with van der Waals surface area (Å²) in [5.41, 5.74) is 3.12. The second kappa shape index (κ2) is 9.60. The largest absolute Gasteiger partial charge is 0.490 e. The molecule has 0 heterocycles. The molecule has 23 heavy (non-hydrogen) atoms. The van der Waals surface area contributed by atoms with Crippen molar-refractivity contribution in [1.29, 1.82) is 0 Å². The van der Waals surface area contributed by atoms with Gasteiger partial charge in [0.1, 0.15) is 5.76 Å². The molecule has 1 heteroatoms. The minimum Gasteiger partial charge on any atom is -0.490 e. The van der Waals surface area contributed by atoms with Crippen LogP contribution in [0.3, 0.4) is 0 Å². The van der Waals surface area contributed by atoms with Crippen LogP contribution in [0.15, 0.2) is 59.9 Å². The van der Waals surface area contributed by atoms with Gasteiger partial charge in [-0.05, 0) is 69.9 Å². The minimum absolute atomic E-state index is 0.323. The summed E-state index contributed by atoms with van der Waals surface area (Å²) >= 11 is 0. The van der Waals surface area contributed by atoms with Crippen molar-refractivity contribution < 1.29 is 4.74 Å². The molecule has 1 saturated carbocycles. The fraction of sp³-hybridized carbons (Fsp3) is 0.545. The van der Waals surface area contributed by atoms with Crippen molar-refractivity contribution in [3.05, 3.63) is 59.9 Å². The molecule has 128 valence electrons. The average Bonchev–Trinajstić information content (AvgIpc) is 2.47. The van der Waals surface area contributed by atoms with Gasteiger partial charge in [0.2, 0.25) is 0 Å². The van der Waals surface area contributed by atoms with Gasteiger partial charge in [-0.15, -0.1) is 0 Å². The Morgan fingerprint density at radius 1 is 1.00 bits per heavy atom. The maximum Gasteiger partial charge on any atom is 0.126 e. The van der Waals surface area contributed by atoms with E-state index in [1.807, 2.05) is 32.9 Å². The van der Waals surface area contributed by atoms with E-state index in [-0.39, 0.29) is 0 Å². The molecular weight excluding hydrogens is 280 g/mol. The molecule has 0 saturated heterocycles. The zero-order valence-corrected chi connectivity index (χ0v) is 15.7. The van der Waals surface area contributed by atoms with E-state index in [4.69, 9.17) is 4.74 Å². The molecule has 1 aliphatic carbocycles. The topological polar surface area (TPSA) is 9.23 Å². The molecule has 0 aromatic heterocycles. The fourth-order valence-electron chi connectivity index (χ4n) is 3.06. The summed E-state index contributed by atoms with van der Waals surface area (Å²) in [5, 5.41) is 0. The van der Waals surface area contributed by atoms with Crippen LogP contribution in [0.25, 0.3) is 0 Å². The predicted molar refractivity (Wildman–Crippen MR) is 102 cm³/mol. The maximum absolute atomic E-state index is 6.37. The summed E-state index contributed by atoms with van der Waals surface area (Å²) in [7, 11) is 0. The van der Waals surface area contributed by atoms with Crippen molar-refractivity contribution in [1.82, 2.24) is 0 Å². The SMILES string of the molecule is C=C(C)\C=C/C(C(=C)C)=C(/C=C\C)OC1CCC(C(C)C)CC1. The first kappa shape index (κ1) is 19.5. The van der Waals surface area contributed by atoms with Crippen molar-refractivity contribution in [2.24, 2.45) is 11.8 Å². The molecule has 1 fully saturated rings. The third kappa shape index (κ3) is 6.64. The Kier molecular flexibility index (Phi) is 8.16. The van der Waals surface area contributed by atoms with Gasteiger partial charge in [0.15, 0.2) is 0 Å². The first-order valence-corrected chi connectivity index (χ1v) is 8.88. The lowest BCUT2D eigenvalue weighted by atomic mass is 9.80. The fourth-order valence-corrected chi connectivity index (χ4v) is 3.06. The van der Waals surface area contributed by atoms with Crippen molar-refractivity contribution in [3.8, 4) is 0 Å². The molecule has 0 bridgehead atoms. The van der Waals surface area contributed by atoms with Crippen molar-refractivity contribution in [3.63, 3.8) is 0 Å². The molecule has 1 aliphatic rings. The van der Waals surface area contributed by atoms with E-state index in [0.29, 0.717) is 6.10 Å². The number of allylic oxidation sites excluding steroid dienone is 7. The van der Waals surface area contributed by atoms with Crippen LogP contribution in [0.1, 0.15) is 60.3 Å². The van der Waals surface area contributed by atoms with Gasteiger partial charge in [-0.25, -0.2) is 0 Å². The molecule has 0 aromatic rings. The van der Waals surface area contributed by atoms with Crippen LogP contribution in [-0.2, 0) is 4.74 Å². The Labute approximate surface area is 143 Å². The van der Waals surface area contributed by atoms with E-state index in [0.717, 1.165) is 47.2 Å². The molecule has 0 radical (unpaired) electrons. The molecule has 0 aliphatic heterocycles. The molecule has 1 rings (SSSR count). The Balaban J connectivity index is 2.90. The summed E-state index contributed by atoms with van der Waals surface area (Å²) in [5.74, 6) is 2.57. The second-order valence-electron chi connectivity index (χ2n) is 7.14. The normalized spacial score (nSPS) is 23.4. The predicted octanol–water partition coefficient (Wildman–Crippen LogP) is 6.76. The standard InChI is InChI=1S/C22H34O/c1-8-9-22(21(18(6)7)15-10-16(2)3)23-20-13-11-19(12-14-20)17(4)5/h8-10,15,17,19-20H,2,6,11-14H2,1,3-5,7H3/b9-8-,15-10-,22-21+. The van der Waals surface area contributed by atoms with E-state index in [9.17, 15) is 0 Å². The van der Waals surface area contributed by atoms with Gasteiger partial charge in [-0.1, -0.05) is 50.8 Å². The number of ether oxygens (including phenoxy) is 1. The Bertz CT molecular complexity index is 494. The Hall–Kier alpha value is -1.50. The number of rotatable bonds is 7. The number of hydrogen-bond acceptors (Lipinski definition) is 1. The van der Waals surface area contributed by atoms with Gasteiger partial charge >= 0.3 is 0 Å². The van der Waals surface area contributed by atoms with E-state index < -0.39 is 0 Å². The Morgan fingerprint density at radius 3 is 2.04 bits per heavy atom. The van der Waals surface area contributed by atoms with Crippen LogP contribution >= 0.6 is 0 Å². The van der Waals surface area contributed by atoms with Gasteiger partial charge in [-0.3, -0.25) is 0 Å². The highest BCUT2D eigenvalue weighted by molar-refractivity contribution is 5.44. The Morgan fingerprint density at radius 2 is 1.61 bits per heavy atom. The van der Waals surface area contributed by atoms with Gasteiger partial charge in [0.05, 0.1) is 6.10 Å². The smallest absolute Gasteiger partial charge is 0.126 e. The zero-order chi connectivity index (χ0) is 17.4. The molecule has 0 atom stereocenters. The van der Waals surface area contributed by atoms with Crippen molar-refractivity contribution in [2.75, 3.05) is 0 Å². The molecule has 0 unspecified atom stereocenters. The van der Waals surface area contributed by atoms with E-state index in [1.54, 1.807) is 0 Å². The minimum atomic E-state index is 0.323. The molecule has 0 aromatic carbocycles. The zero-order valence-electron chi connectivity index (χ0n) is 15.7. The van der Waals surface area contributed by atoms with Crippen LogP contribution in [0, 0.1) is 11.8 Å². The first-order chi connectivity index (χ1) is 10.8. The van der Waals surface area contributed by atoms with Crippen LogP contribution in [0.4, 0.5) is 0 Å².